The van der Waals surface area contributed by atoms with E-state index < -0.39 is 0 Å². The Bertz CT molecular complexity index is 297. The van der Waals surface area contributed by atoms with Crippen LogP contribution in [0.25, 0.3) is 0 Å². The summed E-state index contributed by atoms with van der Waals surface area (Å²) in [4.78, 5) is 0. The molecule has 1 unspecified atom stereocenters. The molecule has 84 valence electrons. The van der Waals surface area contributed by atoms with Crippen molar-refractivity contribution in [2.75, 3.05) is 12.3 Å². The van der Waals surface area contributed by atoms with Crippen molar-refractivity contribution in [2.45, 2.75) is 37.4 Å². The lowest BCUT2D eigenvalue weighted by Gasteiger charge is -2.17. The topological polar surface area (TPSA) is 64.9 Å². The van der Waals surface area contributed by atoms with E-state index in [0.29, 0.717) is 11.8 Å². The third-order valence-corrected chi connectivity index (χ3v) is 3.90. The molecule has 1 aromatic heterocycles. The number of aryl methyl sites for hydroxylation is 1. The van der Waals surface area contributed by atoms with Crippen molar-refractivity contribution in [3.63, 3.8) is 0 Å². The molecule has 4 nitrogen and oxygen atoms in total. The van der Waals surface area contributed by atoms with E-state index >= 15 is 0 Å². The lowest BCUT2D eigenvalue weighted by Crippen LogP contribution is -2.02. The van der Waals surface area contributed by atoms with E-state index in [1.54, 1.807) is 0 Å². The van der Waals surface area contributed by atoms with Crippen LogP contribution in [0.2, 0.25) is 0 Å². The SMILES string of the molecule is NCCCc1nnc(C2CCCCS2)o1. The Hall–Kier alpha value is -0.550. The smallest absolute Gasteiger partial charge is 0.229 e. The summed E-state index contributed by atoms with van der Waals surface area (Å²) in [7, 11) is 0. The van der Waals surface area contributed by atoms with Crippen molar-refractivity contribution in [1.82, 2.24) is 10.2 Å². The van der Waals surface area contributed by atoms with Crippen molar-refractivity contribution in [3.8, 4) is 0 Å². The Morgan fingerprint density at radius 3 is 3.07 bits per heavy atom. The van der Waals surface area contributed by atoms with Gasteiger partial charge in [0.15, 0.2) is 0 Å². The third kappa shape index (κ3) is 2.95. The Balaban J connectivity index is 1.93. The molecular formula is C10H17N3OS. The molecule has 2 heterocycles. The van der Waals surface area contributed by atoms with Crippen LogP contribution in [0.5, 0.6) is 0 Å². The van der Waals surface area contributed by atoms with Crippen LogP contribution in [0.3, 0.4) is 0 Å². The van der Waals surface area contributed by atoms with Crippen LogP contribution in [0, 0.1) is 0 Å². The molecule has 1 aliphatic rings. The van der Waals surface area contributed by atoms with Gasteiger partial charge in [0.1, 0.15) is 0 Å². The second-order valence-corrected chi connectivity index (χ2v) is 5.09. The average molecular weight is 227 g/mol. The van der Waals surface area contributed by atoms with Crippen molar-refractivity contribution in [1.29, 1.82) is 0 Å². The standard InChI is InChI=1S/C10H17N3OS/c11-6-3-5-9-12-13-10(14-9)8-4-1-2-7-15-8/h8H,1-7,11H2. The van der Waals surface area contributed by atoms with E-state index in [4.69, 9.17) is 10.2 Å². The van der Waals surface area contributed by atoms with Crippen molar-refractivity contribution in [2.24, 2.45) is 5.73 Å². The number of thioether (sulfide) groups is 1. The number of nitrogens with zero attached hydrogens (tertiary/aromatic N) is 2. The van der Waals surface area contributed by atoms with E-state index in [-0.39, 0.29) is 0 Å². The molecule has 2 rings (SSSR count). The zero-order valence-corrected chi connectivity index (χ0v) is 9.63. The highest BCUT2D eigenvalue weighted by Gasteiger charge is 2.21. The van der Waals surface area contributed by atoms with Crippen LogP contribution in [-0.4, -0.2) is 22.5 Å². The molecule has 0 saturated carbocycles. The van der Waals surface area contributed by atoms with Crippen LogP contribution in [0.1, 0.15) is 42.7 Å². The summed E-state index contributed by atoms with van der Waals surface area (Å²) in [6.45, 7) is 0.676. The zero-order valence-electron chi connectivity index (χ0n) is 8.82. The molecule has 0 amide bonds. The minimum absolute atomic E-state index is 0.429. The van der Waals surface area contributed by atoms with Crippen molar-refractivity contribution >= 4 is 11.8 Å². The molecule has 0 radical (unpaired) electrons. The van der Waals surface area contributed by atoms with Crippen LogP contribution in [0.15, 0.2) is 4.42 Å². The Morgan fingerprint density at radius 2 is 2.33 bits per heavy atom. The number of rotatable bonds is 4. The number of aromatic nitrogens is 2. The van der Waals surface area contributed by atoms with Gasteiger partial charge in [0, 0.05) is 6.42 Å². The predicted octanol–water partition coefficient (Wildman–Crippen LogP) is 1.92. The Labute approximate surface area is 94.0 Å². The van der Waals surface area contributed by atoms with Gasteiger partial charge in [-0.05, 0) is 31.6 Å². The third-order valence-electron chi connectivity index (χ3n) is 2.53. The van der Waals surface area contributed by atoms with Gasteiger partial charge < -0.3 is 10.2 Å². The van der Waals surface area contributed by atoms with E-state index in [1.165, 1.54) is 25.0 Å². The van der Waals surface area contributed by atoms with E-state index in [1.807, 2.05) is 11.8 Å². The molecule has 15 heavy (non-hydrogen) atoms. The Kier molecular flexibility index (Phi) is 4.02. The van der Waals surface area contributed by atoms with Crippen LogP contribution >= 0.6 is 11.8 Å². The molecule has 0 bridgehead atoms. The molecule has 0 aliphatic carbocycles. The summed E-state index contributed by atoms with van der Waals surface area (Å²) in [5, 5.41) is 8.59. The van der Waals surface area contributed by atoms with E-state index in [0.717, 1.165) is 24.6 Å². The first kappa shape index (κ1) is 11.0. The van der Waals surface area contributed by atoms with Gasteiger partial charge in [0.25, 0.3) is 0 Å². The van der Waals surface area contributed by atoms with Gasteiger partial charge in [-0.15, -0.1) is 22.0 Å². The van der Waals surface area contributed by atoms with Gasteiger partial charge in [-0.2, -0.15) is 0 Å². The molecule has 1 aromatic rings. The molecule has 2 N–H and O–H groups in total. The maximum atomic E-state index is 5.63. The van der Waals surface area contributed by atoms with Gasteiger partial charge in [-0.3, -0.25) is 0 Å². The average Bonchev–Trinajstić information content (AvgIpc) is 2.76. The highest BCUT2D eigenvalue weighted by Crippen LogP contribution is 2.37. The minimum atomic E-state index is 0.429. The first-order valence-corrected chi connectivity index (χ1v) is 6.59. The second-order valence-electron chi connectivity index (χ2n) is 3.78. The first-order valence-electron chi connectivity index (χ1n) is 5.54. The van der Waals surface area contributed by atoms with Crippen molar-refractivity contribution < 1.29 is 4.42 Å². The molecule has 0 aromatic carbocycles. The molecular weight excluding hydrogens is 210 g/mol. The maximum absolute atomic E-state index is 5.63. The van der Waals surface area contributed by atoms with Crippen molar-refractivity contribution in [3.05, 3.63) is 11.8 Å². The molecule has 1 aliphatic heterocycles. The quantitative estimate of drug-likeness (QED) is 0.851. The van der Waals surface area contributed by atoms with Crippen LogP contribution < -0.4 is 5.73 Å². The Morgan fingerprint density at radius 1 is 1.40 bits per heavy atom. The highest BCUT2D eigenvalue weighted by atomic mass is 32.2. The summed E-state index contributed by atoms with van der Waals surface area (Å²) in [6, 6.07) is 0. The summed E-state index contributed by atoms with van der Waals surface area (Å²) in [5.74, 6) is 2.76. The van der Waals surface area contributed by atoms with Crippen LogP contribution in [-0.2, 0) is 6.42 Å². The van der Waals surface area contributed by atoms with E-state index in [2.05, 4.69) is 10.2 Å². The second kappa shape index (κ2) is 5.51. The summed E-state index contributed by atoms with van der Waals surface area (Å²) >= 11 is 1.93. The zero-order chi connectivity index (χ0) is 10.5. The van der Waals surface area contributed by atoms with Gasteiger partial charge >= 0.3 is 0 Å². The first-order chi connectivity index (χ1) is 7.40. The van der Waals surface area contributed by atoms with Gasteiger partial charge in [-0.1, -0.05) is 6.42 Å². The molecule has 5 heteroatoms. The number of hydrogen-bond donors (Lipinski definition) is 1. The fourth-order valence-electron chi connectivity index (χ4n) is 1.69. The van der Waals surface area contributed by atoms with Gasteiger partial charge in [-0.25, -0.2) is 0 Å². The maximum Gasteiger partial charge on any atom is 0.229 e. The predicted molar refractivity (Wildman–Crippen MR) is 60.7 cm³/mol. The molecule has 1 atom stereocenters. The molecule has 1 fully saturated rings. The van der Waals surface area contributed by atoms with E-state index in [9.17, 15) is 0 Å². The molecule has 0 spiro atoms. The fourth-order valence-corrected chi connectivity index (χ4v) is 2.91. The number of hydrogen-bond acceptors (Lipinski definition) is 5. The largest absolute Gasteiger partial charge is 0.424 e. The molecule has 1 saturated heterocycles. The summed E-state index contributed by atoms with van der Waals surface area (Å²) in [5.41, 5.74) is 5.43. The fraction of sp³-hybridized carbons (Fsp3) is 0.800. The van der Waals surface area contributed by atoms with Crippen LogP contribution in [0.4, 0.5) is 0 Å². The van der Waals surface area contributed by atoms with Gasteiger partial charge in [0.05, 0.1) is 5.25 Å². The lowest BCUT2D eigenvalue weighted by molar-refractivity contribution is 0.432. The monoisotopic (exact) mass is 227 g/mol. The highest BCUT2D eigenvalue weighted by molar-refractivity contribution is 7.99. The minimum Gasteiger partial charge on any atom is -0.424 e. The summed E-state index contributed by atoms with van der Waals surface area (Å²) < 4.78 is 5.63. The van der Waals surface area contributed by atoms with Gasteiger partial charge in [0.2, 0.25) is 11.8 Å². The summed E-state index contributed by atoms with van der Waals surface area (Å²) in [6.07, 6.45) is 5.48. The lowest BCUT2D eigenvalue weighted by atomic mass is 10.2. The number of nitrogens with two attached hydrogens (primary N) is 1. The normalized spacial score (nSPS) is 21.8.